The van der Waals surface area contributed by atoms with Gasteiger partial charge in [0.2, 0.25) is 0 Å². The Balaban J connectivity index is 1.35. The van der Waals surface area contributed by atoms with Crippen LogP contribution in [-0.2, 0) is 9.53 Å². The van der Waals surface area contributed by atoms with Gasteiger partial charge in [0, 0.05) is 5.57 Å². The third-order valence-electron chi connectivity index (χ3n) is 5.60. The molecule has 0 bridgehead atoms. The number of benzene rings is 3. The van der Waals surface area contributed by atoms with E-state index in [9.17, 15) is 4.79 Å². The molecule has 172 valence electrons. The van der Waals surface area contributed by atoms with Crippen LogP contribution in [0.5, 0.6) is 5.75 Å². The summed E-state index contributed by atoms with van der Waals surface area (Å²) in [5, 5.41) is 0. The SMILES string of the molecule is C=C(C)C(=O)OCCCCCCCOc1ccc(-c2ccc(-c3ccc(C)cc3)cc2)cc1. The fraction of sp³-hybridized carbons (Fsp3) is 0.300. The normalized spacial score (nSPS) is 10.6. The Kier molecular flexibility index (Phi) is 9.31. The van der Waals surface area contributed by atoms with Crippen molar-refractivity contribution in [3.8, 4) is 28.0 Å². The van der Waals surface area contributed by atoms with Crippen LogP contribution in [0.2, 0.25) is 0 Å². The highest BCUT2D eigenvalue weighted by Gasteiger charge is 2.03. The Morgan fingerprint density at radius 1 is 0.667 bits per heavy atom. The Morgan fingerprint density at radius 3 is 1.61 bits per heavy atom. The summed E-state index contributed by atoms with van der Waals surface area (Å²) in [4.78, 5) is 11.3. The molecule has 33 heavy (non-hydrogen) atoms. The number of esters is 1. The van der Waals surface area contributed by atoms with E-state index < -0.39 is 0 Å². The first-order chi connectivity index (χ1) is 16.0. The average Bonchev–Trinajstić information content (AvgIpc) is 2.84. The van der Waals surface area contributed by atoms with Crippen molar-refractivity contribution in [1.29, 1.82) is 0 Å². The minimum atomic E-state index is -0.298. The number of carbonyl (C=O) groups is 1. The average molecular weight is 443 g/mol. The van der Waals surface area contributed by atoms with Crippen LogP contribution in [0.4, 0.5) is 0 Å². The lowest BCUT2D eigenvalue weighted by molar-refractivity contribution is -0.139. The number of rotatable bonds is 12. The van der Waals surface area contributed by atoms with Crippen molar-refractivity contribution in [2.24, 2.45) is 0 Å². The van der Waals surface area contributed by atoms with Crippen LogP contribution in [-0.4, -0.2) is 19.2 Å². The molecule has 0 saturated heterocycles. The molecule has 0 spiro atoms. The zero-order valence-electron chi connectivity index (χ0n) is 19.8. The number of aryl methyl sites for hydroxylation is 1. The van der Waals surface area contributed by atoms with E-state index in [2.05, 4.69) is 74.2 Å². The summed E-state index contributed by atoms with van der Waals surface area (Å²) in [7, 11) is 0. The van der Waals surface area contributed by atoms with E-state index in [0.717, 1.165) is 44.5 Å². The van der Waals surface area contributed by atoms with Crippen molar-refractivity contribution < 1.29 is 14.3 Å². The van der Waals surface area contributed by atoms with Gasteiger partial charge in [-0.05, 0) is 61.1 Å². The molecule has 0 aliphatic heterocycles. The molecule has 0 aliphatic carbocycles. The Morgan fingerprint density at radius 2 is 1.09 bits per heavy atom. The van der Waals surface area contributed by atoms with Crippen molar-refractivity contribution in [1.82, 2.24) is 0 Å². The van der Waals surface area contributed by atoms with Crippen LogP contribution in [0.1, 0.15) is 44.6 Å². The van der Waals surface area contributed by atoms with E-state index in [-0.39, 0.29) is 5.97 Å². The zero-order chi connectivity index (χ0) is 23.5. The van der Waals surface area contributed by atoms with Gasteiger partial charge in [-0.15, -0.1) is 0 Å². The van der Waals surface area contributed by atoms with E-state index in [1.54, 1.807) is 6.92 Å². The standard InChI is InChI=1S/C30H34O3/c1-23(2)30(31)33-22-8-6-4-5-7-21-32-29-19-17-28(18-20-29)27-15-13-26(14-16-27)25-11-9-24(3)10-12-25/h9-20H,1,4-8,21-22H2,2-3H3. The van der Waals surface area contributed by atoms with Crippen molar-refractivity contribution in [2.75, 3.05) is 13.2 Å². The van der Waals surface area contributed by atoms with Gasteiger partial charge in [-0.25, -0.2) is 4.79 Å². The summed E-state index contributed by atoms with van der Waals surface area (Å²) in [6, 6.07) is 25.6. The maximum Gasteiger partial charge on any atom is 0.333 e. The Hall–Kier alpha value is -3.33. The highest BCUT2D eigenvalue weighted by atomic mass is 16.5. The van der Waals surface area contributed by atoms with Gasteiger partial charge in [-0.2, -0.15) is 0 Å². The van der Waals surface area contributed by atoms with Crippen LogP contribution in [0.15, 0.2) is 84.9 Å². The van der Waals surface area contributed by atoms with Gasteiger partial charge in [0.05, 0.1) is 13.2 Å². The van der Waals surface area contributed by atoms with E-state index in [1.807, 2.05) is 12.1 Å². The third kappa shape index (κ3) is 7.94. The molecule has 0 saturated carbocycles. The molecule has 0 heterocycles. The molecule has 0 aromatic heterocycles. The number of carbonyl (C=O) groups excluding carboxylic acids is 1. The highest BCUT2D eigenvalue weighted by Crippen LogP contribution is 2.26. The summed E-state index contributed by atoms with van der Waals surface area (Å²) in [6.07, 6.45) is 5.20. The van der Waals surface area contributed by atoms with Crippen molar-refractivity contribution >= 4 is 5.97 Å². The van der Waals surface area contributed by atoms with Gasteiger partial charge in [0.1, 0.15) is 5.75 Å². The Labute approximate surface area is 198 Å². The fourth-order valence-corrected chi connectivity index (χ4v) is 3.56. The molecule has 0 N–H and O–H groups in total. The largest absolute Gasteiger partial charge is 0.494 e. The summed E-state index contributed by atoms with van der Waals surface area (Å²) in [5.74, 6) is 0.607. The maximum atomic E-state index is 11.3. The summed E-state index contributed by atoms with van der Waals surface area (Å²) >= 11 is 0. The molecule has 3 aromatic rings. The van der Waals surface area contributed by atoms with Crippen molar-refractivity contribution in [2.45, 2.75) is 46.0 Å². The number of hydrogen-bond acceptors (Lipinski definition) is 3. The summed E-state index contributed by atoms with van der Waals surface area (Å²) in [5.41, 5.74) is 6.58. The molecule has 3 heteroatoms. The van der Waals surface area contributed by atoms with Crippen molar-refractivity contribution in [3.63, 3.8) is 0 Å². The molecular formula is C30H34O3. The molecule has 0 atom stereocenters. The topological polar surface area (TPSA) is 35.5 Å². The predicted molar refractivity (Wildman–Crippen MR) is 136 cm³/mol. The van der Waals surface area contributed by atoms with Gasteiger partial charge >= 0.3 is 5.97 Å². The second kappa shape index (κ2) is 12.6. The molecule has 0 amide bonds. The van der Waals surface area contributed by atoms with Crippen LogP contribution in [0.3, 0.4) is 0 Å². The number of unbranched alkanes of at least 4 members (excludes halogenated alkanes) is 4. The van der Waals surface area contributed by atoms with Gasteiger partial charge in [0.25, 0.3) is 0 Å². The zero-order valence-corrected chi connectivity index (χ0v) is 19.8. The van der Waals surface area contributed by atoms with Crippen LogP contribution >= 0.6 is 0 Å². The first kappa shape index (κ1) is 24.3. The van der Waals surface area contributed by atoms with Crippen LogP contribution in [0, 0.1) is 6.92 Å². The lowest BCUT2D eigenvalue weighted by Crippen LogP contribution is -2.06. The second-order valence-corrected chi connectivity index (χ2v) is 8.50. The second-order valence-electron chi connectivity index (χ2n) is 8.50. The summed E-state index contributed by atoms with van der Waals surface area (Å²) in [6.45, 7) is 8.54. The van der Waals surface area contributed by atoms with Gasteiger partial charge in [0.15, 0.2) is 0 Å². The predicted octanol–water partition coefficient (Wildman–Crippen LogP) is 7.78. The Bertz CT molecular complexity index is 1020. The first-order valence-corrected chi connectivity index (χ1v) is 11.8. The summed E-state index contributed by atoms with van der Waals surface area (Å²) < 4.78 is 11.0. The maximum absolute atomic E-state index is 11.3. The molecule has 0 unspecified atom stereocenters. The van der Waals surface area contributed by atoms with Gasteiger partial charge in [-0.3, -0.25) is 0 Å². The van der Waals surface area contributed by atoms with E-state index >= 15 is 0 Å². The quantitative estimate of drug-likeness (QED) is 0.163. The molecular weight excluding hydrogens is 408 g/mol. The van der Waals surface area contributed by atoms with Crippen LogP contribution < -0.4 is 4.74 Å². The third-order valence-corrected chi connectivity index (χ3v) is 5.60. The molecule has 3 aromatic carbocycles. The van der Waals surface area contributed by atoms with E-state index in [0.29, 0.717) is 12.2 Å². The van der Waals surface area contributed by atoms with E-state index in [4.69, 9.17) is 9.47 Å². The lowest BCUT2D eigenvalue weighted by atomic mass is 10.00. The smallest absolute Gasteiger partial charge is 0.333 e. The minimum Gasteiger partial charge on any atom is -0.494 e. The van der Waals surface area contributed by atoms with E-state index in [1.165, 1.54) is 27.8 Å². The number of ether oxygens (including phenoxy) is 2. The molecule has 0 radical (unpaired) electrons. The monoisotopic (exact) mass is 442 g/mol. The van der Waals surface area contributed by atoms with Crippen LogP contribution in [0.25, 0.3) is 22.3 Å². The molecule has 0 aliphatic rings. The lowest BCUT2D eigenvalue weighted by Gasteiger charge is -2.09. The molecule has 3 rings (SSSR count). The fourth-order valence-electron chi connectivity index (χ4n) is 3.56. The first-order valence-electron chi connectivity index (χ1n) is 11.8. The van der Waals surface area contributed by atoms with Crippen molar-refractivity contribution in [3.05, 3.63) is 90.5 Å². The minimum absolute atomic E-state index is 0.298. The van der Waals surface area contributed by atoms with Gasteiger partial charge < -0.3 is 9.47 Å². The number of hydrogen-bond donors (Lipinski definition) is 0. The highest BCUT2D eigenvalue weighted by molar-refractivity contribution is 5.86. The van der Waals surface area contributed by atoms with Gasteiger partial charge in [-0.1, -0.05) is 92.1 Å². The molecule has 3 nitrogen and oxygen atoms in total. The molecule has 0 fully saturated rings.